The van der Waals surface area contributed by atoms with Crippen LogP contribution in [-0.2, 0) is 9.59 Å². The predicted molar refractivity (Wildman–Crippen MR) is 74.6 cm³/mol. The maximum absolute atomic E-state index is 11.9. The summed E-state index contributed by atoms with van der Waals surface area (Å²) in [5, 5.41) is 11.4. The Kier molecular flexibility index (Phi) is 5.68. The monoisotopic (exact) mass is 276 g/mol. The van der Waals surface area contributed by atoms with E-state index in [-0.39, 0.29) is 16.7 Å². The van der Waals surface area contributed by atoms with Crippen LogP contribution in [0.4, 0.5) is 0 Å². The van der Waals surface area contributed by atoms with Crippen molar-refractivity contribution in [1.82, 2.24) is 5.32 Å². The molecule has 6 heteroatoms. The topological polar surface area (TPSA) is 92.4 Å². The molecule has 0 aromatic rings. The Morgan fingerprint density at radius 1 is 1.22 bits per heavy atom. The van der Waals surface area contributed by atoms with E-state index in [2.05, 4.69) is 5.32 Å². The summed E-state index contributed by atoms with van der Waals surface area (Å²) in [6.07, 6.45) is 0. The van der Waals surface area contributed by atoms with E-state index in [0.29, 0.717) is 0 Å². The molecule has 0 heterocycles. The fraction of sp³-hybridized carbons (Fsp3) is 0.833. The van der Waals surface area contributed by atoms with Gasteiger partial charge in [0.15, 0.2) is 0 Å². The Balaban J connectivity index is 4.60. The minimum Gasteiger partial charge on any atom is -0.480 e. The maximum atomic E-state index is 11.9. The first-order valence-electron chi connectivity index (χ1n) is 5.85. The van der Waals surface area contributed by atoms with E-state index in [4.69, 9.17) is 10.8 Å². The van der Waals surface area contributed by atoms with Crippen molar-refractivity contribution < 1.29 is 14.7 Å². The molecule has 5 nitrogen and oxygen atoms in total. The summed E-state index contributed by atoms with van der Waals surface area (Å²) in [7, 11) is 0. The van der Waals surface area contributed by atoms with E-state index in [1.54, 1.807) is 20.8 Å². The fourth-order valence-electron chi connectivity index (χ4n) is 1.35. The number of carbonyl (C=O) groups excluding carboxylic acids is 1. The first-order valence-corrected chi connectivity index (χ1v) is 6.73. The predicted octanol–water partition coefficient (Wildman–Crippen LogP) is 1.21. The number of carboxylic acid groups (broad SMARTS) is 1. The van der Waals surface area contributed by atoms with Crippen molar-refractivity contribution in [2.75, 3.05) is 0 Å². The molecule has 0 aromatic carbocycles. The van der Waals surface area contributed by atoms with Gasteiger partial charge in [-0.05, 0) is 41.5 Å². The van der Waals surface area contributed by atoms with Gasteiger partial charge in [0.25, 0.3) is 0 Å². The molecule has 0 aliphatic rings. The number of hydrogen-bond acceptors (Lipinski definition) is 4. The van der Waals surface area contributed by atoms with Gasteiger partial charge in [-0.15, -0.1) is 11.8 Å². The molecule has 4 N–H and O–H groups in total. The first kappa shape index (κ1) is 17.2. The average molecular weight is 276 g/mol. The average Bonchev–Trinajstić information content (AvgIpc) is 2.12. The zero-order valence-electron chi connectivity index (χ0n) is 11.9. The van der Waals surface area contributed by atoms with Crippen LogP contribution in [0.2, 0.25) is 0 Å². The summed E-state index contributed by atoms with van der Waals surface area (Å²) >= 11 is 1.27. The molecule has 0 fully saturated rings. The lowest BCUT2D eigenvalue weighted by Crippen LogP contribution is -2.50. The number of aliphatic carboxylic acids is 1. The van der Waals surface area contributed by atoms with Crippen LogP contribution in [-0.4, -0.2) is 38.6 Å². The van der Waals surface area contributed by atoms with E-state index < -0.39 is 16.8 Å². The van der Waals surface area contributed by atoms with Crippen molar-refractivity contribution in [3.8, 4) is 0 Å². The van der Waals surface area contributed by atoms with Crippen molar-refractivity contribution in [3.63, 3.8) is 0 Å². The number of carboxylic acids is 1. The van der Waals surface area contributed by atoms with E-state index >= 15 is 0 Å². The minimum atomic E-state index is -1.06. The molecule has 0 rings (SSSR count). The van der Waals surface area contributed by atoms with Crippen molar-refractivity contribution in [1.29, 1.82) is 0 Å². The van der Waals surface area contributed by atoms with Gasteiger partial charge in [-0.1, -0.05) is 0 Å². The lowest BCUT2D eigenvalue weighted by Gasteiger charge is -2.31. The second-order valence-electron chi connectivity index (χ2n) is 5.92. The number of thioether (sulfide) groups is 1. The third kappa shape index (κ3) is 5.73. The summed E-state index contributed by atoms with van der Waals surface area (Å²) in [6.45, 7) is 10.9. The minimum absolute atomic E-state index is 0.113. The first-order chi connectivity index (χ1) is 7.87. The largest absolute Gasteiger partial charge is 0.480 e. The zero-order chi connectivity index (χ0) is 14.7. The second kappa shape index (κ2) is 5.93. The SMILES string of the molecule is CC(SC(C)(C)[C@@H](N)C(=O)O)C(=O)NC(C)(C)C. The van der Waals surface area contributed by atoms with Crippen LogP contribution in [0.15, 0.2) is 0 Å². The van der Waals surface area contributed by atoms with Gasteiger partial charge in [0.1, 0.15) is 6.04 Å². The van der Waals surface area contributed by atoms with E-state index in [9.17, 15) is 9.59 Å². The summed E-state index contributed by atoms with van der Waals surface area (Å²) in [6, 6.07) is -1.01. The quantitative estimate of drug-likeness (QED) is 0.702. The highest BCUT2D eigenvalue weighted by Gasteiger charge is 2.36. The van der Waals surface area contributed by atoms with Gasteiger partial charge in [-0.25, -0.2) is 0 Å². The fourth-order valence-corrected chi connectivity index (χ4v) is 2.68. The third-order valence-electron chi connectivity index (χ3n) is 2.36. The number of nitrogens with one attached hydrogen (secondary N) is 1. The van der Waals surface area contributed by atoms with Crippen LogP contribution in [0.5, 0.6) is 0 Å². The summed E-state index contributed by atoms with van der Waals surface area (Å²) in [5.74, 6) is -1.17. The second-order valence-corrected chi connectivity index (χ2v) is 7.91. The van der Waals surface area contributed by atoms with Gasteiger partial charge in [-0.2, -0.15) is 0 Å². The van der Waals surface area contributed by atoms with Crippen LogP contribution in [0, 0.1) is 0 Å². The number of rotatable bonds is 5. The number of hydrogen-bond donors (Lipinski definition) is 3. The Hall–Kier alpha value is -0.750. The molecular formula is C12H24N2O3S. The zero-order valence-corrected chi connectivity index (χ0v) is 12.7. The number of carbonyl (C=O) groups is 2. The van der Waals surface area contributed by atoms with Gasteiger partial charge in [0, 0.05) is 10.3 Å². The van der Waals surface area contributed by atoms with Crippen LogP contribution in [0.25, 0.3) is 0 Å². The molecule has 0 aliphatic carbocycles. The molecule has 2 atom stereocenters. The van der Waals surface area contributed by atoms with Crippen LogP contribution in [0.3, 0.4) is 0 Å². The van der Waals surface area contributed by atoms with Gasteiger partial charge >= 0.3 is 5.97 Å². The Morgan fingerprint density at radius 2 is 1.67 bits per heavy atom. The van der Waals surface area contributed by atoms with Crippen LogP contribution < -0.4 is 11.1 Å². The lowest BCUT2D eigenvalue weighted by atomic mass is 10.1. The van der Waals surface area contributed by atoms with Gasteiger partial charge in [-0.3, -0.25) is 9.59 Å². The maximum Gasteiger partial charge on any atom is 0.321 e. The molecular weight excluding hydrogens is 252 g/mol. The van der Waals surface area contributed by atoms with E-state index in [1.807, 2.05) is 20.8 Å². The summed E-state index contributed by atoms with van der Waals surface area (Å²) in [5.41, 5.74) is 5.32. The van der Waals surface area contributed by atoms with E-state index in [0.717, 1.165) is 0 Å². The molecule has 0 saturated carbocycles. The molecule has 0 aliphatic heterocycles. The van der Waals surface area contributed by atoms with Crippen molar-refractivity contribution in [3.05, 3.63) is 0 Å². The molecule has 18 heavy (non-hydrogen) atoms. The van der Waals surface area contributed by atoms with Crippen LogP contribution >= 0.6 is 11.8 Å². The third-order valence-corrected chi connectivity index (χ3v) is 3.79. The molecule has 106 valence electrons. The van der Waals surface area contributed by atoms with Gasteiger partial charge in [0.2, 0.25) is 5.91 Å². The highest BCUT2D eigenvalue weighted by Crippen LogP contribution is 2.31. The Bertz CT molecular complexity index is 324. The van der Waals surface area contributed by atoms with E-state index in [1.165, 1.54) is 11.8 Å². The summed E-state index contributed by atoms with van der Waals surface area (Å²) in [4.78, 5) is 22.8. The highest BCUT2D eigenvalue weighted by molar-refractivity contribution is 8.02. The van der Waals surface area contributed by atoms with Crippen molar-refractivity contribution in [2.45, 2.75) is 63.1 Å². The molecule has 0 saturated heterocycles. The molecule has 0 spiro atoms. The Morgan fingerprint density at radius 3 is 2.00 bits per heavy atom. The lowest BCUT2D eigenvalue weighted by molar-refractivity contribution is -0.139. The van der Waals surface area contributed by atoms with Crippen LogP contribution in [0.1, 0.15) is 41.5 Å². The molecule has 0 radical (unpaired) electrons. The molecule has 1 amide bonds. The number of nitrogens with two attached hydrogens (primary N) is 1. The smallest absolute Gasteiger partial charge is 0.321 e. The van der Waals surface area contributed by atoms with Gasteiger partial charge < -0.3 is 16.2 Å². The molecule has 0 aromatic heterocycles. The van der Waals surface area contributed by atoms with Crippen molar-refractivity contribution in [2.24, 2.45) is 5.73 Å². The Labute approximate surface area is 113 Å². The number of amides is 1. The highest BCUT2D eigenvalue weighted by atomic mass is 32.2. The van der Waals surface area contributed by atoms with Crippen molar-refractivity contribution >= 4 is 23.6 Å². The standard InChI is InChI=1S/C12H24N2O3S/c1-7(9(15)14-11(2,3)4)18-12(5,6)8(13)10(16)17/h7-8H,13H2,1-6H3,(H,14,15)(H,16,17)/t7?,8-/m0/s1. The molecule has 0 bridgehead atoms. The van der Waals surface area contributed by atoms with Gasteiger partial charge in [0.05, 0.1) is 5.25 Å². The molecule has 1 unspecified atom stereocenters. The summed E-state index contributed by atoms with van der Waals surface area (Å²) < 4.78 is -0.708. The normalized spacial score (nSPS) is 15.9.